The summed E-state index contributed by atoms with van der Waals surface area (Å²) in [6.45, 7) is 2.07. The lowest BCUT2D eigenvalue weighted by Crippen LogP contribution is -1.88. The largest absolute Gasteiger partial charge is 0.399 e. The number of benzene rings is 2. The number of anilines is 1. The molecule has 0 bridgehead atoms. The van der Waals surface area contributed by atoms with Gasteiger partial charge in [-0.25, -0.2) is 0 Å². The van der Waals surface area contributed by atoms with Crippen molar-refractivity contribution in [2.75, 3.05) is 5.73 Å². The van der Waals surface area contributed by atoms with Gasteiger partial charge in [-0.05, 0) is 48.4 Å². The highest BCUT2D eigenvalue weighted by atomic mass is 32.2. The molecule has 0 amide bonds. The van der Waals surface area contributed by atoms with Crippen LogP contribution in [-0.2, 0) is 5.75 Å². The van der Waals surface area contributed by atoms with E-state index in [0.717, 1.165) is 11.4 Å². The van der Waals surface area contributed by atoms with E-state index in [0.29, 0.717) is 5.56 Å². The van der Waals surface area contributed by atoms with Crippen LogP contribution in [0.5, 0.6) is 0 Å². The van der Waals surface area contributed by atoms with Crippen LogP contribution >= 0.6 is 11.8 Å². The van der Waals surface area contributed by atoms with Gasteiger partial charge in [-0.1, -0.05) is 12.1 Å². The second kappa shape index (κ2) is 5.61. The number of rotatable bonds is 3. The van der Waals surface area contributed by atoms with Crippen molar-refractivity contribution in [1.82, 2.24) is 0 Å². The molecule has 0 atom stereocenters. The molecule has 0 radical (unpaired) electrons. The molecule has 90 valence electrons. The molecule has 0 spiro atoms. The molecular formula is C15H14N2S. The Morgan fingerprint density at radius 3 is 2.50 bits per heavy atom. The third kappa shape index (κ3) is 3.06. The summed E-state index contributed by atoms with van der Waals surface area (Å²) in [5.74, 6) is 0.899. The summed E-state index contributed by atoms with van der Waals surface area (Å²) < 4.78 is 0. The molecule has 2 aromatic carbocycles. The fourth-order valence-electron chi connectivity index (χ4n) is 1.67. The van der Waals surface area contributed by atoms with Gasteiger partial charge < -0.3 is 5.73 Å². The van der Waals surface area contributed by atoms with Crippen LogP contribution in [0.15, 0.2) is 47.4 Å². The predicted molar refractivity (Wildman–Crippen MR) is 76.3 cm³/mol. The monoisotopic (exact) mass is 254 g/mol. The number of hydrogen-bond donors (Lipinski definition) is 1. The highest BCUT2D eigenvalue weighted by Gasteiger charge is 2.01. The van der Waals surface area contributed by atoms with Crippen molar-refractivity contribution in [1.29, 1.82) is 5.26 Å². The standard InChI is InChI=1S/C15H14N2S/c1-11-8-14(17)6-7-15(11)18-10-13-4-2-12(9-16)3-5-13/h2-8H,10,17H2,1H3. The van der Waals surface area contributed by atoms with E-state index in [9.17, 15) is 0 Å². The van der Waals surface area contributed by atoms with Gasteiger partial charge >= 0.3 is 0 Å². The van der Waals surface area contributed by atoms with Gasteiger partial charge in [0.2, 0.25) is 0 Å². The topological polar surface area (TPSA) is 49.8 Å². The molecule has 2 aromatic rings. The third-order valence-corrected chi connectivity index (χ3v) is 3.92. The molecular weight excluding hydrogens is 240 g/mol. The van der Waals surface area contributed by atoms with Crippen LogP contribution in [0.1, 0.15) is 16.7 Å². The zero-order valence-electron chi connectivity index (χ0n) is 10.2. The van der Waals surface area contributed by atoms with Crippen molar-refractivity contribution in [3.8, 4) is 6.07 Å². The fourth-order valence-corrected chi connectivity index (χ4v) is 2.64. The van der Waals surface area contributed by atoms with Crippen molar-refractivity contribution in [2.24, 2.45) is 0 Å². The van der Waals surface area contributed by atoms with Gasteiger partial charge in [-0.3, -0.25) is 0 Å². The van der Waals surface area contributed by atoms with Crippen LogP contribution in [0.2, 0.25) is 0 Å². The predicted octanol–water partition coefficient (Wildman–Crippen LogP) is 3.74. The van der Waals surface area contributed by atoms with Gasteiger partial charge in [0.15, 0.2) is 0 Å². The first kappa shape index (κ1) is 12.5. The van der Waals surface area contributed by atoms with Gasteiger partial charge in [0.05, 0.1) is 11.6 Å². The van der Waals surface area contributed by atoms with E-state index in [1.807, 2.05) is 36.4 Å². The van der Waals surface area contributed by atoms with Crippen LogP contribution < -0.4 is 5.73 Å². The van der Waals surface area contributed by atoms with Gasteiger partial charge in [-0.2, -0.15) is 5.26 Å². The molecule has 0 unspecified atom stereocenters. The van der Waals surface area contributed by atoms with E-state index in [1.165, 1.54) is 16.0 Å². The maximum atomic E-state index is 8.73. The van der Waals surface area contributed by atoms with E-state index in [4.69, 9.17) is 11.0 Å². The van der Waals surface area contributed by atoms with E-state index in [2.05, 4.69) is 19.1 Å². The molecule has 18 heavy (non-hydrogen) atoms. The number of nitrogen functional groups attached to an aromatic ring is 1. The molecule has 0 heterocycles. The Kier molecular flexibility index (Phi) is 3.91. The second-order valence-electron chi connectivity index (χ2n) is 4.12. The Morgan fingerprint density at radius 1 is 1.17 bits per heavy atom. The number of nitrogens with two attached hydrogens (primary N) is 1. The second-order valence-corrected chi connectivity index (χ2v) is 5.14. The Morgan fingerprint density at radius 2 is 1.89 bits per heavy atom. The summed E-state index contributed by atoms with van der Waals surface area (Å²) in [5, 5.41) is 8.73. The number of nitrogens with zero attached hydrogens (tertiary/aromatic N) is 1. The first-order valence-electron chi connectivity index (χ1n) is 5.67. The maximum absolute atomic E-state index is 8.73. The van der Waals surface area contributed by atoms with Gasteiger partial charge in [0, 0.05) is 16.3 Å². The van der Waals surface area contributed by atoms with E-state index >= 15 is 0 Å². The summed E-state index contributed by atoms with van der Waals surface area (Å²) in [7, 11) is 0. The molecule has 2 nitrogen and oxygen atoms in total. The zero-order chi connectivity index (χ0) is 13.0. The summed E-state index contributed by atoms with van der Waals surface area (Å²) in [6.07, 6.45) is 0. The molecule has 0 aliphatic heterocycles. The molecule has 2 rings (SSSR count). The zero-order valence-corrected chi connectivity index (χ0v) is 11.0. The van der Waals surface area contributed by atoms with Crippen LogP contribution in [0.4, 0.5) is 5.69 Å². The van der Waals surface area contributed by atoms with Crippen molar-refractivity contribution in [3.63, 3.8) is 0 Å². The van der Waals surface area contributed by atoms with Crippen LogP contribution in [0, 0.1) is 18.3 Å². The first-order valence-corrected chi connectivity index (χ1v) is 6.65. The normalized spacial score (nSPS) is 10.0. The minimum absolute atomic E-state index is 0.701. The SMILES string of the molecule is Cc1cc(N)ccc1SCc1ccc(C#N)cc1. The van der Waals surface area contributed by atoms with Gasteiger partial charge in [0.25, 0.3) is 0 Å². The molecule has 0 aliphatic carbocycles. The molecule has 3 heteroatoms. The first-order chi connectivity index (χ1) is 8.69. The lowest BCUT2D eigenvalue weighted by Gasteiger charge is -2.06. The van der Waals surface area contributed by atoms with Crippen molar-refractivity contribution >= 4 is 17.4 Å². The lowest BCUT2D eigenvalue weighted by molar-refractivity contribution is 1.29. The Hall–Kier alpha value is -1.92. The summed E-state index contributed by atoms with van der Waals surface area (Å²) >= 11 is 1.78. The molecule has 0 saturated carbocycles. The molecule has 0 aliphatic rings. The van der Waals surface area contributed by atoms with E-state index in [1.54, 1.807) is 11.8 Å². The lowest BCUT2D eigenvalue weighted by atomic mass is 10.2. The molecule has 0 fully saturated rings. The summed E-state index contributed by atoms with van der Waals surface area (Å²) in [4.78, 5) is 1.24. The number of nitriles is 1. The highest BCUT2D eigenvalue weighted by molar-refractivity contribution is 7.98. The average molecular weight is 254 g/mol. The van der Waals surface area contributed by atoms with E-state index < -0.39 is 0 Å². The van der Waals surface area contributed by atoms with Gasteiger partial charge in [0.1, 0.15) is 0 Å². The number of aryl methyl sites for hydroxylation is 1. The van der Waals surface area contributed by atoms with Crippen molar-refractivity contribution in [2.45, 2.75) is 17.6 Å². The quantitative estimate of drug-likeness (QED) is 0.670. The van der Waals surface area contributed by atoms with Gasteiger partial charge in [-0.15, -0.1) is 11.8 Å². The minimum atomic E-state index is 0.701. The van der Waals surface area contributed by atoms with Crippen molar-refractivity contribution in [3.05, 3.63) is 59.2 Å². The third-order valence-electron chi connectivity index (χ3n) is 2.68. The number of hydrogen-bond acceptors (Lipinski definition) is 3. The van der Waals surface area contributed by atoms with Crippen molar-refractivity contribution < 1.29 is 0 Å². The summed E-state index contributed by atoms with van der Waals surface area (Å²) in [5.41, 5.74) is 9.65. The molecule has 0 saturated heterocycles. The average Bonchev–Trinajstić information content (AvgIpc) is 2.38. The smallest absolute Gasteiger partial charge is 0.0991 e. The Labute approximate surface area is 111 Å². The number of thioether (sulfide) groups is 1. The molecule has 0 aromatic heterocycles. The Bertz CT molecular complexity index is 582. The maximum Gasteiger partial charge on any atom is 0.0991 e. The summed E-state index contributed by atoms with van der Waals surface area (Å²) in [6, 6.07) is 15.8. The van der Waals surface area contributed by atoms with Crippen LogP contribution in [-0.4, -0.2) is 0 Å². The van der Waals surface area contributed by atoms with Crippen LogP contribution in [0.3, 0.4) is 0 Å². The van der Waals surface area contributed by atoms with Crippen LogP contribution in [0.25, 0.3) is 0 Å². The molecule has 2 N–H and O–H groups in total. The highest BCUT2D eigenvalue weighted by Crippen LogP contribution is 2.27. The Balaban J connectivity index is 2.04. The fraction of sp³-hybridized carbons (Fsp3) is 0.133. The minimum Gasteiger partial charge on any atom is -0.399 e. The van der Waals surface area contributed by atoms with E-state index in [-0.39, 0.29) is 0 Å².